The van der Waals surface area contributed by atoms with Crippen LogP contribution < -0.4 is 10.2 Å². The Morgan fingerprint density at radius 3 is 2.56 bits per heavy atom. The van der Waals surface area contributed by atoms with Crippen molar-refractivity contribution in [2.45, 2.75) is 19.4 Å². The third-order valence-electron chi connectivity index (χ3n) is 8.63. The molecule has 45 heavy (non-hydrogen) atoms. The van der Waals surface area contributed by atoms with Gasteiger partial charge < -0.3 is 15.1 Å². The Labute approximate surface area is 260 Å². The summed E-state index contributed by atoms with van der Waals surface area (Å²) in [5.74, 6) is 1.41. The number of amides is 2. The smallest absolute Gasteiger partial charge is 0.237 e. The lowest BCUT2D eigenvalue weighted by Gasteiger charge is -2.41. The lowest BCUT2D eigenvalue weighted by atomic mass is 10.1. The van der Waals surface area contributed by atoms with E-state index in [1.54, 1.807) is 37.1 Å². The largest absolute Gasteiger partial charge is 0.353 e. The number of carbonyl (C=O) groups excluding carboxylic acids is 2. The van der Waals surface area contributed by atoms with E-state index >= 15 is 0 Å². The summed E-state index contributed by atoms with van der Waals surface area (Å²) >= 11 is 0. The fourth-order valence-electron chi connectivity index (χ4n) is 6.23. The van der Waals surface area contributed by atoms with Crippen LogP contribution in [0.25, 0.3) is 33.5 Å². The molecule has 0 bridgehead atoms. The molecule has 0 radical (unpaired) electrons. The number of aromatic nitrogens is 6. The van der Waals surface area contributed by atoms with Crippen LogP contribution in [0.3, 0.4) is 0 Å². The zero-order chi connectivity index (χ0) is 30.8. The molecule has 2 N–H and O–H groups in total. The van der Waals surface area contributed by atoms with E-state index < -0.39 is 0 Å². The number of pyridine rings is 2. The number of carbonyl (C=O) groups is 2. The van der Waals surface area contributed by atoms with Gasteiger partial charge in [0.05, 0.1) is 18.0 Å². The number of rotatable bonds is 7. The Bertz CT molecular complexity index is 1800. The van der Waals surface area contributed by atoms with Gasteiger partial charge in [0.15, 0.2) is 5.82 Å². The van der Waals surface area contributed by atoms with Crippen molar-refractivity contribution < 1.29 is 9.59 Å². The molecule has 2 amide bonds. The van der Waals surface area contributed by atoms with Crippen molar-refractivity contribution in [3.8, 4) is 22.6 Å². The minimum atomic E-state index is -0.179. The van der Waals surface area contributed by atoms with Gasteiger partial charge in [-0.1, -0.05) is 0 Å². The highest BCUT2D eigenvalue weighted by atomic mass is 16.2. The topological polar surface area (TPSA) is 136 Å². The normalized spacial score (nSPS) is 18.8. The number of hydrogen-bond acceptors (Lipinski definition) is 9. The SMILES string of the molecule is C[C@@H]1CN(c2ccc(-c3ncccn3)cn2)CCN1C(=O)CN1CC[C@@H](C(=O)Nc2ccc3[nH]nc(-c4ccncc4)c3c2)C1. The van der Waals surface area contributed by atoms with Gasteiger partial charge in [-0.25, -0.2) is 15.0 Å². The summed E-state index contributed by atoms with van der Waals surface area (Å²) in [5, 5.41) is 11.5. The van der Waals surface area contributed by atoms with Gasteiger partial charge in [-0.15, -0.1) is 0 Å². The monoisotopic (exact) mass is 602 g/mol. The first kappa shape index (κ1) is 28.5. The molecule has 7 rings (SSSR count). The standard InChI is InChI=1S/C33H34N10O2/c1-22-19-42(29-6-3-24(18-37-29)32-35-10-2-11-36-32)15-16-43(22)30(44)21-41-14-9-25(20-41)33(45)38-26-4-5-28-27(17-26)31(40-39-28)23-7-12-34-13-8-23/h2-8,10-13,17-18,22,25H,9,14-16,19-21H2,1H3,(H,38,45)(H,39,40)/t22-,25-/m1/s1. The van der Waals surface area contributed by atoms with Crippen molar-refractivity contribution in [1.82, 2.24) is 39.9 Å². The average molecular weight is 603 g/mol. The number of hydrogen-bond donors (Lipinski definition) is 2. The van der Waals surface area contributed by atoms with Crippen LogP contribution in [0, 0.1) is 5.92 Å². The van der Waals surface area contributed by atoms with Gasteiger partial charge in [0.25, 0.3) is 0 Å². The Hall–Kier alpha value is -5.23. The summed E-state index contributed by atoms with van der Waals surface area (Å²) in [6.45, 7) is 5.70. The van der Waals surface area contributed by atoms with Crippen LogP contribution in [0.15, 0.2) is 79.5 Å². The molecule has 6 heterocycles. The molecule has 12 heteroatoms. The molecule has 12 nitrogen and oxygen atoms in total. The van der Waals surface area contributed by atoms with Crippen LogP contribution >= 0.6 is 0 Å². The van der Waals surface area contributed by atoms with Gasteiger partial charge in [0.2, 0.25) is 11.8 Å². The maximum absolute atomic E-state index is 13.3. The molecule has 2 atom stereocenters. The summed E-state index contributed by atoms with van der Waals surface area (Å²) in [7, 11) is 0. The van der Waals surface area contributed by atoms with E-state index in [4.69, 9.17) is 0 Å². The van der Waals surface area contributed by atoms with Crippen LogP contribution in [0.5, 0.6) is 0 Å². The van der Waals surface area contributed by atoms with Crippen molar-refractivity contribution in [2.24, 2.45) is 5.92 Å². The summed E-state index contributed by atoms with van der Waals surface area (Å²) in [4.78, 5) is 50.1. The van der Waals surface area contributed by atoms with Crippen molar-refractivity contribution >= 4 is 34.2 Å². The third-order valence-corrected chi connectivity index (χ3v) is 8.63. The summed E-state index contributed by atoms with van der Waals surface area (Å²) < 4.78 is 0. The van der Waals surface area contributed by atoms with E-state index in [0.717, 1.165) is 39.2 Å². The first-order valence-corrected chi connectivity index (χ1v) is 15.2. The average Bonchev–Trinajstić information content (AvgIpc) is 3.73. The minimum absolute atomic E-state index is 0.0300. The highest BCUT2D eigenvalue weighted by molar-refractivity contribution is 5.99. The maximum Gasteiger partial charge on any atom is 0.237 e. The fourth-order valence-corrected chi connectivity index (χ4v) is 6.23. The van der Waals surface area contributed by atoms with Crippen molar-refractivity contribution in [3.05, 3.63) is 79.5 Å². The molecule has 0 saturated carbocycles. The van der Waals surface area contributed by atoms with Crippen molar-refractivity contribution in [2.75, 3.05) is 49.5 Å². The number of anilines is 2. The van der Waals surface area contributed by atoms with Crippen LogP contribution in [0.1, 0.15) is 13.3 Å². The molecule has 2 saturated heterocycles. The molecule has 228 valence electrons. The van der Waals surface area contributed by atoms with E-state index in [9.17, 15) is 9.59 Å². The minimum Gasteiger partial charge on any atom is -0.353 e. The van der Waals surface area contributed by atoms with Gasteiger partial charge in [0, 0.05) is 85.4 Å². The van der Waals surface area contributed by atoms with E-state index in [-0.39, 0.29) is 23.8 Å². The lowest BCUT2D eigenvalue weighted by Crippen LogP contribution is -2.56. The molecule has 2 aliphatic rings. The van der Waals surface area contributed by atoms with Crippen LogP contribution in [-0.4, -0.2) is 97.1 Å². The number of nitrogens with zero attached hydrogens (tertiary/aromatic N) is 8. The molecule has 0 aliphatic carbocycles. The van der Waals surface area contributed by atoms with Crippen LogP contribution in [0.2, 0.25) is 0 Å². The molecule has 5 aromatic rings. The highest BCUT2D eigenvalue weighted by Gasteiger charge is 2.33. The number of piperazine rings is 1. The van der Waals surface area contributed by atoms with Gasteiger partial charge in [0.1, 0.15) is 11.5 Å². The third kappa shape index (κ3) is 6.09. The Morgan fingerprint density at radius 2 is 1.78 bits per heavy atom. The van der Waals surface area contributed by atoms with Gasteiger partial charge in [-0.2, -0.15) is 5.10 Å². The predicted octanol–water partition coefficient (Wildman–Crippen LogP) is 3.47. The predicted molar refractivity (Wildman–Crippen MR) is 171 cm³/mol. The second-order valence-corrected chi connectivity index (χ2v) is 11.6. The number of benzene rings is 1. The number of H-pyrrole nitrogens is 1. The molecular formula is C33H34N10O2. The van der Waals surface area contributed by atoms with Gasteiger partial charge in [-0.05, 0) is 68.4 Å². The molecule has 4 aromatic heterocycles. The molecule has 1 aromatic carbocycles. The number of aromatic amines is 1. The Morgan fingerprint density at radius 1 is 0.933 bits per heavy atom. The summed E-state index contributed by atoms with van der Waals surface area (Å²) in [6.07, 6.45) is 9.41. The lowest BCUT2D eigenvalue weighted by molar-refractivity contribution is -0.134. The van der Waals surface area contributed by atoms with E-state index in [2.05, 4.69) is 52.2 Å². The van der Waals surface area contributed by atoms with E-state index in [0.29, 0.717) is 51.5 Å². The molecule has 0 unspecified atom stereocenters. The number of nitrogens with one attached hydrogen (secondary N) is 2. The summed E-state index contributed by atoms with van der Waals surface area (Å²) in [5.41, 5.74) is 4.26. The zero-order valence-corrected chi connectivity index (χ0v) is 25.0. The van der Waals surface area contributed by atoms with Crippen molar-refractivity contribution in [3.63, 3.8) is 0 Å². The highest BCUT2D eigenvalue weighted by Crippen LogP contribution is 2.29. The first-order chi connectivity index (χ1) is 22.0. The molecule has 0 spiro atoms. The Balaban J connectivity index is 0.916. The molecular weight excluding hydrogens is 568 g/mol. The van der Waals surface area contributed by atoms with Gasteiger partial charge in [-0.3, -0.25) is 24.6 Å². The maximum atomic E-state index is 13.3. The fraction of sp³-hybridized carbons (Fsp3) is 0.303. The van der Waals surface area contributed by atoms with Crippen LogP contribution in [-0.2, 0) is 9.59 Å². The van der Waals surface area contributed by atoms with Crippen LogP contribution in [0.4, 0.5) is 11.5 Å². The van der Waals surface area contributed by atoms with Gasteiger partial charge >= 0.3 is 0 Å². The second-order valence-electron chi connectivity index (χ2n) is 11.6. The molecule has 2 aliphatic heterocycles. The van der Waals surface area contributed by atoms with E-state index in [1.807, 2.05) is 47.4 Å². The number of fused-ring (bicyclic) bond motifs is 1. The molecule has 2 fully saturated rings. The summed E-state index contributed by atoms with van der Waals surface area (Å²) in [6, 6.07) is 15.4. The Kier molecular flexibility index (Phi) is 7.87. The zero-order valence-electron chi connectivity index (χ0n) is 25.0. The van der Waals surface area contributed by atoms with E-state index in [1.165, 1.54) is 0 Å². The number of likely N-dealkylation sites (tertiary alicyclic amines) is 1. The van der Waals surface area contributed by atoms with Crippen molar-refractivity contribution in [1.29, 1.82) is 0 Å². The first-order valence-electron chi connectivity index (χ1n) is 15.2. The second kappa shape index (κ2) is 12.4. The quantitative estimate of drug-likeness (QED) is 0.287.